The molecule has 0 aliphatic carbocycles. The molecule has 8 rings (SSSR count). The van der Waals surface area contributed by atoms with Crippen molar-refractivity contribution in [2.45, 2.75) is 127 Å². The number of nitrogens with one attached hydrogen (secondary N) is 2. The van der Waals surface area contributed by atoms with Gasteiger partial charge in [-0.1, -0.05) is 50.2 Å². The number of carbonyl (C=O) groups excluding carboxylic acids is 6. The Bertz CT molecular complexity index is 3590. The van der Waals surface area contributed by atoms with Crippen LogP contribution in [0, 0.1) is 0 Å². The molecule has 0 unspecified atom stereocenters. The zero-order chi connectivity index (χ0) is 70.1. The lowest BCUT2D eigenvalue weighted by Crippen LogP contribution is -2.50. The topological polar surface area (TPSA) is 257 Å². The predicted molar refractivity (Wildman–Crippen MR) is 365 cm³/mol. The molecule has 3 heterocycles. The molecular formula is C75H93N5O18. The summed E-state index contributed by atoms with van der Waals surface area (Å²) in [5, 5.41) is 5.54. The second-order valence-corrected chi connectivity index (χ2v) is 23.8. The van der Waals surface area contributed by atoms with Crippen LogP contribution in [0.4, 0.5) is 0 Å². The summed E-state index contributed by atoms with van der Waals surface area (Å²) >= 11 is 0. The molecular weight excluding hydrogens is 1260 g/mol. The van der Waals surface area contributed by atoms with Crippen molar-refractivity contribution in [3.63, 3.8) is 0 Å². The SMILES string of the molecule is CC[C@H](C(=O)N1CCCC[C@H]1C(=O)O[C@H](CCc1cccnc1)c1cccc(OCC(=O)NCCNC(=O)COc2cccc([C@@H](CCc3ccc(OC)c(OC)c3)OC(=O)[C@@H]3CCCCN3C(=O)[C@@H](CC)c3cc(OC)c(OC)c(OC)c3)c2)c1)c1cc(OC)c(OC)c(OC)c1. The average molecular weight is 1350 g/mol. The minimum atomic E-state index is -0.855. The molecule has 98 heavy (non-hydrogen) atoms. The molecule has 6 aromatic rings. The van der Waals surface area contributed by atoms with Gasteiger partial charge in [0.25, 0.3) is 11.8 Å². The van der Waals surface area contributed by atoms with E-state index in [-0.39, 0.29) is 38.1 Å². The smallest absolute Gasteiger partial charge is 0.329 e. The molecule has 0 bridgehead atoms. The number of esters is 2. The van der Waals surface area contributed by atoms with Gasteiger partial charge in [-0.25, -0.2) is 9.59 Å². The molecule has 1 aromatic heterocycles. The molecule has 2 aliphatic rings. The summed E-state index contributed by atoms with van der Waals surface area (Å²) in [4.78, 5) is 92.2. The van der Waals surface area contributed by atoms with Crippen molar-refractivity contribution in [2.75, 3.05) is 96.3 Å². The summed E-state index contributed by atoms with van der Waals surface area (Å²) in [5.74, 6) is 0.715. The maximum atomic E-state index is 14.6. The number of likely N-dealkylation sites (tertiary alicyclic amines) is 2. The fourth-order valence-electron chi connectivity index (χ4n) is 12.6. The van der Waals surface area contributed by atoms with E-state index < -0.39 is 59.9 Å². The van der Waals surface area contributed by atoms with E-state index in [2.05, 4.69) is 15.6 Å². The summed E-state index contributed by atoms with van der Waals surface area (Å²) < 4.78 is 69.4. The van der Waals surface area contributed by atoms with Crippen molar-refractivity contribution in [3.8, 4) is 57.5 Å². The Morgan fingerprint density at radius 3 is 1.31 bits per heavy atom. The number of methoxy groups -OCH3 is 8. The minimum absolute atomic E-state index is 0.0812. The largest absolute Gasteiger partial charge is 0.493 e. The van der Waals surface area contributed by atoms with Gasteiger partial charge in [-0.05, 0) is 177 Å². The van der Waals surface area contributed by atoms with E-state index in [1.807, 2.05) is 56.3 Å². The fraction of sp³-hybridized carbons (Fsp3) is 0.453. The third kappa shape index (κ3) is 19.2. The van der Waals surface area contributed by atoms with Crippen LogP contribution in [-0.2, 0) is 51.1 Å². The van der Waals surface area contributed by atoms with E-state index in [1.165, 1.54) is 42.7 Å². The zero-order valence-electron chi connectivity index (χ0n) is 57.9. The van der Waals surface area contributed by atoms with E-state index in [1.54, 1.807) is 97.1 Å². The Labute approximate surface area is 573 Å². The van der Waals surface area contributed by atoms with Crippen LogP contribution in [0.15, 0.2) is 116 Å². The van der Waals surface area contributed by atoms with E-state index in [9.17, 15) is 28.8 Å². The number of hydrogen-bond acceptors (Lipinski definition) is 19. The van der Waals surface area contributed by atoms with Crippen LogP contribution in [0.1, 0.15) is 135 Å². The van der Waals surface area contributed by atoms with E-state index >= 15 is 0 Å². The summed E-state index contributed by atoms with van der Waals surface area (Å²) in [7, 11) is 12.2. The molecule has 2 fully saturated rings. The third-order valence-corrected chi connectivity index (χ3v) is 17.8. The molecule has 0 saturated carbocycles. The Kier molecular flexibility index (Phi) is 27.9. The van der Waals surface area contributed by atoms with Crippen LogP contribution in [0.2, 0.25) is 0 Å². The van der Waals surface area contributed by atoms with Gasteiger partial charge in [0.15, 0.2) is 47.7 Å². The van der Waals surface area contributed by atoms with E-state index in [0.29, 0.717) is 151 Å². The molecule has 4 amide bonds. The van der Waals surface area contributed by atoms with Crippen molar-refractivity contribution in [1.29, 1.82) is 0 Å². The lowest BCUT2D eigenvalue weighted by molar-refractivity contribution is -0.162. The summed E-state index contributed by atoms with van der Waals surface area (Å²) in [6.45, 7) is 4.05. The van der Waals surface area contributed by atoms with Crippen LogP contribution in [0.25, 0.3) is 0 Å². The first-order chi connectivity index (χ1) is 47.6. The molecule has 526 valence electrons. The lowest BCUT2D eigenvalue weighted by atomic mass is 9.91. The van der Waals surface area contributed by atoms with Gasteiger partial charge in [-0.15, -0.1) is 0 Å². The standard InChI is InChI=1S/C75H93N5O18/c1-11-56(52-41-64(89-5)70(93-9)65(42-52)90-6)72(83)79-36-15-13-25-58(79)74(85)97-60(30-27-48-28-32-62(87-3)63(38-48)88-4)50-21-17-23-54(39-50)95-46-68(81)77-34-35-78-69(82)47-96-55-24-18-22-51(40-55)61(31-29-49-20-19-33-76-45-49)98-75(86)59-26-14-16-37-80(59)73(84)57(12-2)53-43-66(91-7)71(94-10)67(44-53)92-8/h17-24,28,32-33,38-45,56-61H,11-16,25-27,29-31,34-37,46-47H2,1-10H3,(H,77,81)(H,78,82)/t56-,57-,58-,59-,60+,61+/m0/s1. The Morgan fingerprint density at radius 1 is 0.469 bits per heavy atom. The highest BCUT2D eigenvalue weighted by Crippen LogP contribution is 2.44. The van der Waals surface area contributed by atoms with Crippen molar-refractivity contribution in [2.24, 2.45) is 0 Å². The molecule has 5 aromatic carbocycles. The third-order valence-electron chi connectivity index (χ3n) is 17.8. The maximum absolute atomic E-state index is 14.6. The zero-order valence-corrected chi connectivity index (χ0v) is 57.9. The lowest BCUT2D eigenvalue weighted by Gasteiger charge is -2.37. The first kappa shape index (κ1) is 73.9. The normalized spacial score (nSPS) is 15.6. The Morgan fingerprint density at radius 2 is 0.908 bits per heavy atom. The molecule has 6 atom stereocenters. The number of amides is 4. The first-order valence-electron chi connectivity index (χ1n) is 33.3. The van der Waals surface area contributed by atoms with Crippen LogP contribution < -0.4 is 58.0 Å². The van der Waals surface area contributed by atoms with Gasteiger partial charge >= 0.3 is 11.9 Å². The Balaban J connectivity index is 0.866. The number of hydrogen-bond donors (Lipinski definition) is 2. The van der Waals surface area contributed by atoms with Crippen LogP contribution in [0.3, 0.4) is 0 Å². The van der Waals surface area contributed by atoms with Crippen LogP contribution >= 0.6 is 0 Å². The number of rotatable bonds is 35. The van der Waals surface area contributed by atoms with Crippen molar-refractivity contribution < 1.29 is 85.6 Å². The van der Waals surface area contributed by atoms with Gasteiger partial charge in [-0.2, -0.15) is 0 Å². The van der Waals surface area contributed by atoms with Crippen LogP contribution in [0.5, 0.6) is 57.5 Å². The Hall–Kier alpha value is -9.93. The molecule has 2 saturated heterocycles. The number of aryl methyl sites for hydroxylation is 2. The molecule has 2 N–H and O–H groups in total. The summed E-state index contributed by atoms with van der Waals surface area (Å²) in [6.07, 6.45) is 8.26. The highest BCUT2D eigenvalue weighted by Gasteiger charge is 2.40. The molecule has 0 spiro atoms. The van der Waals surface area contributed by atoms with E-state index in [4.69, 9.17) is 56.8 Å². The van der Waals surface area contributed by atoms with Gasteiger partial charge in [0.05, 0.1) is 68.7 Å². The summed E-state index contributed by atoms with van der Waals surface area (Å²) in [6, 6.07) is 28.8. The second-order valence-electron chi connectivity index (χ2n) is 23.8. The van der Waals surface area contributed by atoms with Gasteiger partial charge in [0, 0.05) is 38.6 Å². The minimum Gasteiger partial charge on any atom is -0.493 e. The number of benzene rings is 5. The molecule has 2 aliphatic heterocycles. The second kappa shape index (κ2) is 37.0. The number of aromatic nitrogens is 1. The number of ether oxygens (including phenoxy) is 12. The van der Waals surface area contributed by atoms with Gasteiger partial charge in [-0.3, -0.25) is 24.2 Å². The van der Waals surface area contributed by atoms with Crippen molar-refractivity contribution in [3.05, 3.63) is 149 Å². The van der Waals surface area contributed by atoms with E-state index in [0.717, 1.165) is 30.4 Å². The van der Waals surface area contributed by atoms with Crippen molar-refractivity contribution in [1.82, 2.24) is 25.4 Å². The highest BCUT2D eigenvalue weighted by atomic mass is 16.6. The van der Waals surface area contributed by atoms with Crippen LogP contribution in [-0.4, -0.2) is 159 Å². The van der Waals surface area contributed by atoms with Gasteiger partial charge in [0.2, 0.25) is 23.3 Å². The summed E-state index contributed by atoms with van der Waals surface area (Å²) in [5.41, 5.74) is 4.43. The van der Waals surface area contributed by atoms with Gasteiger partial charge in [0.1, 0.15) is 35.8 Å². The average Bonchev–Trinajstić information content (AvgIpc) is 0.825. The maximum Gasteiger partial charge on any atom is 0.329 e. The predicted octanol–water partition coefficient (Wildman–Crippen LogP) is 10.4. The number of pyridine rings is 1. The quantitative estimate of drug-likeness (QED) is 0.0277. The fourth-order valence-corrected chi connectivity index (χ4v) is 12.6. The van der Waals surface area contributed by atoms with Gasteiger partial charge < -0.3 is 77.3 Å². The molecule has 23 heteroatoms. The monoisotopic (exact) mass is 1350 g/mol. The molecule has 0 radical (unpaired) electrons. The first-order valence-corrected chi connectivity index (χ1v) is 33.3. The molecule has 23 nitrogen and oxygen atoms in total. The number of piperidine rings is 2. The highest BCUT2D eigenvalue weighted by molar-refractivity contribution is 5.90. The number of nitrogens with zero attached hydrogens (tertiary/aromatic N) is 3. The number of carbonyl (C=O) groups is 6. The van der Waals surface area contributed by atoms with Crippen molar-refractivity contribution >= 4 is 35.6 Å².